The maximum Gasteiger partial charge on any atom is 0.407 e. The average Bonchev–Trinajstić information content (AvgIpc) is 3.69. The van der Waals surface area contributed by atoms with Crippen LogP contribution in [0.1, 0.15) is 36.2 Å². The third-order valence-corrected chi connectivity index (χ3v) is 9.95. The van der Waals surface area contributed by atoms with Crippen molar-refractivity contribution in [2.75, 3.05) is 36.5 Å². The van der Waals surface area contributed by atoms with Gasteiger partial charge in [0.25, 0.3) is 5.91 Å². The predicted molar refractivity (Wildman–Crippen MR) is 164 cm³/mol. The SMILES string of the molecule is CCOC(=O)/C(C)=C/c1c(Cl)cc(C(=O)Nc2nc(-c3cc(Cl)cs3)c(N3C[C@H]4CCN(C(=O)O)[C@H]4C3)s2)cc1Cl. The van der Waals surface area contributed by atoms with E-state index in [9.17, 15) is 19.5 Å². The highest BCUT2D eigenvalue weighted by atomic mass is 35.5. The van der Waals surface area contributed by atoms with Gasteiger partial charge >= 0.3 is 12.1 Å². The van der Waals surface area contributed by atoms with Gasteiger partial charge in [0.15, 0.2) is 5.13 Å². The number of fused-ring (bicyclic) bond motifs is 1. The summed E-state index contributed by atoms with van der Waals surface area (Å²) in [6, 6.07) is 4.69. The fourth-order valence-electron chi connectivity index (χ4n) is 5.09. The van der Waals surface area contributed by atoms with Gasteiger partial charge in [-0.2, -0.15) is 0 Å². The van der Waals surface area contributed by atoms with Crippen molar-refractivity contribution in [1.82, 2.24) is 9.88 Å². The van der Waals surface area contributed by atoms with Crippen LogP contribution >= 0.6 is 57.5 Å². The van der Waals surface area contributed by atoms with Crippen molar-refractivity contribution in [3.63, 3.8) is 0 Å². The zero-order chi connectivity index (χ0) is 29.4. The number of nitrogens with one attached hydrogen (secondary N) is 1. The molecule has 216 valence electrons. The largest absolute Gasteiger partial charge is 0.465 e. The monoisotopic (exact) mass is 654 g/mol. The molecule has 4 heterocycles. The Morgan fingerprint density at radius 3 is 2.56 bits per heavy atom. The fourth-order valence-corrected chi connectivity index (χ4v) is 7.80. The number of likely N-dealkylation sites (tertiary alicyclic amines) is 1. The molecule has 2 atom stereocenters. The number of amides is 2. The average molecular weight is 656 g/mol. The van der Waals surface area contributed by atoms with Gasteiger partial charge in [-0.1, -0.05) is 46.1 Å². The molecule has 0 unspecified atom stereocenters. The standard InChI is InChI=1S/C27H25Cl3N4O5S2/c1-3-39-25(36)13(2)6-17-18(29)7-15(8-19(17)30)23(35)32-26-31-22(21-9-16(28)12-40-21)24(41-26)33-10-14-4-5-34(27(37)38)20(14)11-33/h6-9,12,14,20H,3-5,10-11H2,1-2H3,(H,37,38)(H,31,32,35)/b13-6+/t14-,20+/m1/s1. The highest BCUT2D eigenvalue weighted by Gasteiger charge is 2.44. The first kappa shape index (κ1) is 29.7. The molecule has 14 heteroatoms. The summed E-state index contributed by atoms with van der Waals surface area (Å²) in [6.45, 7) is 5.33. The molecule has 2 aliphatic rings. The number of carboxylic acid groups (broad SMARTS) is 1. The number of aromatic nitrogens is 1. The van der Waals surface area contributed by atoms with Crippen molar-refractivity contribution in [1.29, 1.82) is 0 Å². The molecular weight excluding hydrogens is 631 g/mol. The minimum atomic E-state index is -0.906. The Balaban J connectivity index is 1.40. The number of nitrogens with zero attached hydrogens (tertiary/aromatic N) is 3. The molecule has 5 rings (SSSR count). The highest BCUT2D eigenvalue weighted by molar-refractivity contribution is 7.21. The number of thiazole rings is 1. The molecule has 1 aromatic carbocycles. The number of benzene rings is 1. The van der Waals surface area contributed by atoms with Crippen LogP contribution in [0.3, 0.4) is 0 Å². The van der Waals surface area contributed by atoms with Crippen LogP contribution in [0.4, 0.5) is 14.9 Å². The Morgan fingerprint density at radius 2 is 1.93 bits per heavy atom. The number of anilines is 2. The van der Waals surface area contributed by atoms with E-state index >= 15 is 0 Å². The van der Waals surface area contributed by atoms with Gasteiger partial charge in [-0.3, -0.25) is 10.1 Å². The van der Waals surface area contributed by atoms with E-state index in [1.54, 1.807) is 13.8 Å². The van der Waals surface area contributed by atoms with Crippen LogP contribution in [0.2, 0.25) is 15.1 Å². The fraction of sp³-hybridized carbons (Fsp3) is 0.333. The quantitative estimate of drug-likeness (QED) is 0.204. The van der Waals surface area contributed by atoms with E-state index in [0.717, 1.165) is 16.3 Å². The van der Waals surface area contributed by atoms with Crippen LogP contribution in [0.25, 0.3) is 16.6 Å². The maximum absolute atomic E-state index is 13.3. The summed E-state index contributed by atoms with van der Waals surface area (Å²) in [6.07, 6.45) is 1.42. The normalized spacial score (nSPS) is 18.5. The zero-order valence-electron chi connectivity index (χ0n) is 21.9. The second kappa shape index (κ2) is 12.2. The molecule has 2 aromatic heterocycles. The van der Waals surface area contributed by atoms with Gasteiger partial charge in [-0.15, -0.1) is 11.3 Å². The Bertz CT molecular complexity index is 1530. The lowest BCUT2D eigenvalue weighted by Gasteiger charge is -2.22. The van der Waals surface area contributed by atoms with Crippen molar-refractivity contribution in [2.24, 2.45) is 5.92 Å². The first-order chi connectivity index (χ1) is 19.5. The Labute approximate surface area is 259 Å². The minimum Gasteiger partial charge on any atom is -0.465 e. The smallest absolute Gasteiger partial charge is 0.407 e. The molecule has 2 N–H and O–H groups in total. The Morgan fingerprint density at radius 1 is 1.20 bits per heavy atom. The molecule has 0 bridgehead atoms. The van der Waals surface area contributed by atoms with Gasteiger partial charge in [0.1, 0.15) is 10.7 Å². The van der Waals surface area contributed by atoms with E-state index in [1.807, 2.05) is 11.4 Å². The topological polar surface area (TPSA) is 112 Å². The van der Waals surface area contributed by atoms with Crippen molar-refractivity contribution >= 4 is 91.7 Å². The molecular formula is C27H25Cl3N4O5S2. The first-order valence-corrected chi connectivity index (χ1v) is 15.5. The van der Waals surface area contributed by atoms with Gasteiger partial charge in [-0.05, 0) is 44.5 Å². The van der Waals surface area contributed by atoms with E-state index in [1.165, 1.54) is 45.8 Å². The Kier molecular flexibility index (Phi) is 8.81. The number of hydrogen-bond acceptors (Lipinski definition) is 8. The lowest BCUT2D eigenvalue weighted by molar-refractivity contribution is -0.138. The number of carbonyl (C=O) groups is 3. The molecule has 3 aromatic rings. The van der Waals surface area contributed by atoms with Crippen LogP contribution in [-0.2, 0) is 9.53 Å². The predicted octanol–water partition coefficient (Wildman–Crippen LogP) is 7.24. The van der Waals surface area contributed by atoms with Gasteiger partial charge in [0.05, 0.1) is 32.6 Å². The molecule has 2 aliphatic heterocycles. The number of esters is 1. The van der Waals surface area contributed by atoms with E-state index in [2.05, 4.69) is 10.2 Å². The summed E-state index contributed by atoms with van der Waals surface area (Å²) >= 11 is 21.9. The van der Waals surface area contributed by atoms with E-state index in [4.69, 9.17) is 44.5 Å². The number of ether oxygens (including phenoxy) is 1. The third-order valence-electron chi connectivity index (χ3n) is 7.01. The summed E-state index contributed by atoms with van der Waals surface area (Å²) in [5.74, 6) is -0.714. The molecule has 9 nitrogen and oxygen atoms in total. The van der Waals surface area contributed by atoms with Gasteiger partial charge < -0.3 is 19.6 Å². The summed E-state index contributed by atoms with van der Waals surface area (Å²) < 4.78 is 5.00. The molecule has 2 fully saturated rings. The van der Waals surface area contributed by atoms with Crippen LogP contribution in [0, 0.1) is 5.92 Å². The molecule has 0 radical (unpaired) electrons. The number of rotatable bonds is 7. The van der Waals surface area contributed by atoms with Crippen molar-refractivity contribution in [3.05, 3.63) is 55.3 Å². The van der Waals surface area contributed by atoms with Crippen LogP contribution in [-0.4, -0.2) is 65.2 Å². The van der Waals surface area contributed by atoms with E-state index in [-0.39, 0.29) is 34.2 Å². The van der Waals surface area contributed by atoms with Crippen LogP contribution < -0.4 is 10.2 Å². The number of hydrogen-bond donors (Lipinski definition) is 2. The highest BCUT2D eigenvalue weighted by Crippen LogP contribution is 2.45. The second-order valence-corrected chi connectivity index (χ2v) is 12.8. The first-order valence-electron chi connectivity index (χ1n) is 12.7. The second-order valence-electron chi connectivity index (χ2n) is 9.65. The molecule has 0 aliphatic carbocycles. The molecule has 0 spiro atoms. The lowest BCUT2D eigenvalue weighted by atomic mass is 10.1. The van der Waals surface area contributed by atoms with Crippen molar-refractivity contribution in [3.8, 4) is 10.6 Å². The summed E-state index contributed by atoms with van der Waals surface area (Å²) in [5, 5.41) is 16.5. The maximum atomic E-state index is 13.3. The summed E-state index contributed by atoms with van der Waals surface area (Å²) in [4.78, 5) is 46.2. The van der Waals surface area contributed by atoms with Crippen molar-refractivity contribution < 1.29 is 24.2 Å². The minimum absolute atomic E-state index is 0.0864. The summed E-state index contributed by atoms with van der Waals surface area (Å²) in [5.41, 5.74) is 1.62. The Hall–Kier alpha value is -2.83. The van der Waals surface area contributed by atoms with Crippen LogP contribution in [0.5, 0.6) is 0 Å². The zero-order valence-corrected chi connectivity index (χ0v) is 25.9. The van der Waals surface area contributed by atoms with Gasteiger partial charge in [-0.25, -0.2) is 14.6 Å². The molecule has 2 saturated heterocycles. The number of thiophene rings is 1. The number of carbonyl (C=O) groups excluding carboxylic acids is 2. The summed E-state index contributed by atoms with van der Waals surface area (Å²) in [7, 11) is 0. The van der Waals surface area contributed by atoms with Gasteiger partial charge in [0, 0.05) is 47.6 Å². The molecule has 41 heavy (non-hydrogen) atoms. The molecule has 0 saturated carbocycles. The lowest BCUT2D eigenvalue weighted by Crippen LogP contribution is -2.38. The third kappa shape index (κ3) is 6.19. The van der Waals surface area contributed by atoms with E-state index in [0.29, 0.717) is 46.6 Å². The van der Waals surface area contributed by atoms with Crippen molar-refractivity contribution in [2.45, 2.75) is 26.3 Å². The number of halogens is 3. The van der Waals surface area contributed by atoms with E-state index < -0.39 is 18.0 Å². The van der Waals surface area contributed by atoms with Gasteiger partial charge in [0.2, 0.25) is 0 Å². The molecule has 2 amide bonds. The van der Waals surface area contributed by atoms with Crippen LogP contribution in [0.15, 0.2) is 29.2 Å².